The number of ether oxygens (including phenoxy) is 2. The van der Waals surface area contributed by atoms with Gasteiger partial charge in [-0.15, -0.1) is 0 Å². The molecule has 116 valence electrons. The highest BCUT2D eigenvalue weighted by atomic mass is 16.5. The Morgan fingerprint density at radius 1 is 1.33 bits per heavy atom. The summed E-state index contributed by atoms with van der Waals surface area (Å²) in [4.78, 5) is 14.3. The normalized spacial score (nSPS) is 18.4. The van der Waals surface area contributed by atoms with Crippen molar-refractivity contribution in [1.82, 2.24) is 4.90 Å². The first-order valence-corrected chi connectivity index (χ1v) is 7.36. The number of hydrogen-bond acceptors (Lipinski definition) is 4. The molecule has 0 saturated carbocycles. The molecule has 0 aromatic heterocycles. The molecular weight excluding hydrogens is 268 g/mol. The third kappa shape index (κ3) is 3.88. The molecule has 1 amide bonds. The first-order chi connectivity index (χ1) is 10.2. The smallest absolute Gasteiger partial charge is 0.227 e. The zero-order valence-corrected chi connectivity index (χ0v) is 12.8. The van der Waals surface area contributed by atoms with Gasteiger partial charge >= 0.3 is 0 Å². The number of carbonyl (C=O) groups is 1. The zero-order valence-electron chi connectivity index (χ0n) is 12.8. The molecule has 1 saturated heterocycles. The lowest BCUT2D eigenvalue weighted by Gasteiger charge is -2.32. The number of methoxy groups -OCH3 is 2. The van der Waals surface area contributed by atoms with Gasteiger partial charge in [0.15, 0.2) is 11.5 Å². The highest BCUT2D eigenvalue weighted by molar-refractivity contribution is 5.79. The number of carbonyl (C=O) groups excluding carboxylic acids is 1. The van der Waals surface area contributed by atoms with Gasteiger partial charge in [-0.3, -0.25) is 4.79 Å². The van der Waals surface area contributed by atoms with Gasteiger partial charge in [0.2, 0.25) is 5.91 Å². The van der Waals surface area contributed by atoms with Crippen molar-refractivity contribution in [1.29, 1.82) is 0 Å². The number of likely N-dealkylation sites (tertiary alicyclic amines) is 1. The van der Waals surface area contributed by atoms with Crippen LogP contribution in [0.2, 0.25) is 0 Å². The van der Waals surface area contributed by atoms with E-state index in [2.05, 4.69) is 0 Å². The summed E-state index contributed by atoms with van der Waals surface area (Å²) in [7, 11) is 3.20. The van der Waals surface area contributed by atoms with Gasteiger partial charge in [-0.25, -0.2) is 0 Å². The van der Waals surface area contributed by atoms with Crippen molar-refractivity contribution in [3.05, 3.63) is 23.8 Å². The molecule has 1 aromatic rings. The average molecular weight is 292 g/mol. The maximum atomic E-state index is 12.4. The van der Waals surface area contributed by atoms with Gasteiger partial charge in [-0.2, -0.15) is 0 Å². The Morgan fingerprint density at radius 2 is 2.10 bits per heavy atom. The molecule has 0 bridgehead atoms. The summed E-state index contributed by atoms with van der Waals surface area (Å²) in [5, 5.41) is 0. The Bertz CT molecular complexity index is 490. The van der Waals surface area contributed by atoms with Crippen molar-refractivity contribution in [2.75, 3.05) is 33.9 Å². The van der Waals surface area contributed by atoms with E-state index >= 15 is 0 Å². The Hall–Kier alpha value is -1.75. The van der Waals surface area contributed by atoms with Crippen molar-refractivity contribution in [3.63, 3.8) is 0 Å². The third-order valence-electron chi connectivity index (χ3n) is 4.01. The minimum Gasteiger partial charge on any atom is -0.493 e. The van der Waals surface area contributed by atoms with Gasteiger partial charge in [0.25, 0.3) is 0 Å². The number of amides is 1. The fourth-order valence-corrected chi connectivity index (χ4v) is 2.76. The molecular formula is C16H24N2O3. The molecule has 0 aliphatic carbocycles. The van der Waals surface area contributed by atoms with Crippen LogP contribution in [-0.2, 0) is 11.2 Å². The fourth-order valence-electron chi connectivity index (χ4n) is 2.76. The van der Waals surface area contributed by atoms with E-state index in [0.29, 0.717) is 30.4 Å². The second-order valence-electron chi connectivity index (χ2n) is 5.45. The maximum Gasteiger partial charge on any atom is 0.227 e. The van der Waals surface area contributed by atoms with E-state index in [0.717, 1.165) is 31.5 Å². The maximum absolute atomic E-state index is 12.4. The number of hydrogen-bond donors (Lipinski definition) is 1. The van der Waals surface area contributed by atoms with Crippen LogP contribution in [-0.4, -0.2) is 44.7 Å². The highest BCUT2D eigenvalue weighted by Crippen LogP contribution is 2.28. The number of benzene rings is 1. The monoisotopic (exact) mass is 292 g/mol. The zero-order chi connectivity index (χ0) is 15.2. The Morgan fingerprint density at radius 3 is 2.76 bits per heavy atom. The highest BCUT2D eigenvalue weighted by Gasteiger charge is 2.22. The molecule has 1 fully saturated rings. The van der Waals surface area contributed by atoms with E-state index in [9.17, 15) is 4.79 Å². The van der Waals surface area contributed by atoms with Crippen molar-refractivity contribution in [2.45, 2.75) is 19.3 Å². The molecule has 0 spiro atoms. The van der Waals surface area contributed by atoms with Crippen LogP contribution in [0.15, 0.2) is 18.2 Å². The molecule has 1 aromatic carbocycles. The number of nitrogens with zero attached hydrogens (tertiary/aromatic N) is 1. The predicted octanol–water partition coefficient (Wildman–Crippen LogP) is 1.44. The summed E-state index contributed by atoms with van der Waals surface area (Å²) >= 11 is 0. The van der Waals surface area contributed by atoms with Crippen LogP contribution in [0.25, 0.3) is 0 Å². The standard InChI is InChI=1S/C16H24N2O3/c1-20-14-6-5-12(8-15(14)21-2)9-16(19)18-7-3-4-13(10-17)11-18/h5-6,8,13H,3-4,7,9-11,17H2,1-2H3. The minimum absolute atomic E-state index is 0.153. The lowest BCUT2D eigenvalue weighted by molar-refractivity contribution is -0.132. The van der Waals surface area contributed by atoms with E-state index in [1.54, 1.807) is 14.2 Å². The minimum atomic E-state index is 0.153. The molecule has 5 heteroatoms. The second-order valence-corrected chi connectivity index (χ2v) is 5.45. The number of piperidine rings is 1. The Kier molecular flexibility index (Phi) is 5.44. The fraction of sp³-hybridized carbons (Fsp3) is 0.562. The molecule has 2 N–H and O–H groups in total. The molecule has 1 aliphatic heterocycles. The summed E-state index contributed by atoms with van der Waals surface area (Å²) in [6.45, 7) is 2.27. The van der Waals surface area contributed by atoms with E-state index < -0.39 is 0 Å². The molecule has 1 heterocycles. The van der Waals surface area contributed by atoms with Gasteiger partial charge in [0.05, 0.1) is 20.6 Å². The summed E-state index contributed by atoms with van der Waals surface area (Å²) < 4.78 is 10.5. The van der Waals surface area contributed by atoms with E-state index in [-0.39, 0.29) is 5.91 Å². The lowest BCUT2D eigenvalue weighted by atomic mass is 9.97. The Labute approximate surface area is 126 Å². The predicted molar refractivity (Wildman–Crippen MR) is 81.6 cm³/mol. The molecule has 1 atom stereocenters. The topological polar surface area (TPSA) is 64.8 Å². The molecule has 1 aliphatic rings. The third-order valence-corrected chi connectivity index (χ3v) is 4.01. The molecule has 2 rings (SSSR count). The summed E-state index contributed by atoms with van der Waals surface area (Å²) in [5.74, 6) is 1.92. The lowest BCUT2D eigenvalue weighted by Crippen LogP contribution is -2.42. The molecule has 5 nitrogen and oxygen atoms in total. The second kappa shape index (κ2) is 7.31. The van der Waals surface area contributed by atoms with Crippen LogP contribution in [0.3, 0.4) is 0 Å². The summed E-state index contributed by atoms with van der Waals surface area (Å²) in [6, 6.07) is 5.60. The quantitative estimate of drug-likeness (QED) is 0.892. The van der Waals surface area contributed by atoms with E-state index in [1.807, 2.05) is 23.1 Å². The van der Waals surface area contributed by atoms with Crippen LogP contribution >= 0.6 is 0 Å². The van der Waals surface area contributed by atoms with E-state index in [4.69, 9.17) is 15.2 Å². The van der Waals surface area contributed by atoms with Crippen LogP contribution in [0.5, 0.6) is 11.5 Å². The van der Waals surface area contributed by atoms with Crippen LogP contribution < -0.4 is 15.2 Å². The summed E-state index contributed by atoms with van der Waals surface area (Å²) in [5.41, 5.74) is 6.66. The van der Waals surface area contributed by atoms with Gasteiger partial charge in [0.1, 0.15) is 0 Å². The Balaban J connectivity index is 2.02. The van der Waals surface area contributed by atoms with Crippen LogP contribution in [0.4, 0.5) is 0 Å². The number of rotatable bonds is 5. The van der Waals surface area contributed by atoms with Gasteiger partial charge in [-0.05, 0) is 43.0 Å². The largest absolute Gasteiger partial charge is 0.493 e. The SMILES string of the molecule is COc1ccc(CC(=O)N2CCCC(CN)C2)cc1OC. The van der Waals surface area contributed by atoms with Crippen LogP contribution in [0.1, 0.15) is 18.4 Å². The van der Waals surface area contributed by atoms with E-state index in [1.165, 1.54) is 0 Å². The van der Waals surface area contributed by atoms with Gasteiger partial charge < -0.3 is 20.1 Å². The molecule has 21 heavy (non-hydrogen) atoms. The first kappa shape index (κ1) is 15.6. The molecule has 0 radical (unpaired) electrons. The molecule has 1 unspecified atom stereocenters. The van der Waals surface area contributed by atoms with Crippen molar-refractivity contribution < 1.29 is 14.3 Å². The van der Waals surface area contributed by atoms with Crippen molar-refractivity contribution in [2.24, 2.45) is 11.7 Å². The summed E-state index contributed by atoms with van der Waals surface area (Å²) in [6.07, 6.45) is 2.55. The van der Waals surface area contributed by atoms with Gasteiger partial charge in [0, 0.05) is 13.1 Å². The van der Waals surface area contributed by atoms with Crippen molar-refractivity contribution >= 4 is 5.91 Å². The van der Waals surface area contributed by atoms with Gasteiger partial charge in [-0.1, -0.05) is 6.07 Å². The number of nitrogens with two attached hydrogens (primary N) is 1. The van der Waals surface area contributed by atoms with Crippen molar-refractivity contribution in [3.8, 4) is 11.5 Å². The first-order valence-electron chi connectivity index (χ1n) is 7.36. The van der Waals surface area contributed by atoms with Crippen LogP contribution in [0, 0.1) is 5.92 Å². The average Bonchev–Trinajstić information content (AvgIpc) is 2.54.